The van der Waals surface area contributed by atoms with Gasteiger partial charge in [-0.05, 0) is 49.1 Å². The molecule has 140 valence electrons. The summed E-state index contributed by atoms with van der Waals surface area (Å²) in [5.74, 6) is 1.02. The van der Waals surface area contributed by atoms with E-state index in [9.17, 15) is 13.2 Å². The molecule has 1 aromatic heterocycles. The number of ketones is 1. The molecule has 2 atom stereocenters. The van der Waals surface area contributed by atoms with Crippen LogP contribution < -0.4 is 9.88 Å². The van der Waals surface area contributed by atoms with Crippen LogP contribution in [-0.2, 0) is 14.8 Å². The van der Waals surface area contributed by atoms with E-state index in [1.165, 1.54) is 0 Å². The second-order valence-electron chi connectivity index (χ2n) is 6.71. The summed E-state index contributed by atoms with van der Waals surface area (Å²) in [7, 11) is -3.49. The second-order valence-corrected chi connectivity index (χ2v) is 8.45. The van der Waals surface area contributed by atoms with Gasteiger partial charge >= 0.3 is 0 Å². The number of benzene rings is 1. The minimum absolute atomic E-state index is 0.0174. The van der Waals surface area contributed by atoms with Gasteiger partial charge in [0, 0.05) is 31.2 Å². The highest BCUT2D eigenvalue weighted by Crippen LogP contribution is 2.31. The van der Waals surface area contributed by atoms with E-state index in [1.807, 2.05) is 36.5 Å². The molecular weight excluding hydrogens is 354 g/mol. The van der Waals surface area contributed by atoms with E-state index in [2.05, 4.69) is 5.10 Å². The van der Waals surface area contributed by atoms with Crippen LogP contribution in [0.3, 0.4) is 0 Å². The molecule has 1 aliphatic carbocycles. The van der Waals surface area contributed by atoms with Gasteiger partial charge in [-0.15, -0.1) is 0 Å². The second kappa shape index (κ2) is 8.01. The van der Waals surface area contributed by atoms with E-state index in [4.69, 9.17) is 9.88 Å². The molecule has 0 radical (unpaired) electrons. The van der Waals surface area contributed by atoms with Crippen LogP contribution >= 0.6 is 0 Å². The summed E-state index contributed by atoms with van der Waals surface area (Å²) in [5, 5.41) is 9.28. The van der Waals surface area contributed by atoms with Crippen molar-refractivity contribution >= 4 is 15.8 Å². The first-order chi connectivity index (χ1) is 12.4. The number of Topliss-reactive ketones (excluding diaryl/α,β-unsaturated/α-hetero) is 1. The van der Waals surface area contributed by atoms with E-state index in [0.29, 0.717) is 38.0 Å². The molecule has 8 heteroatoms. The first-order valence-electron chi connectivity index (χ1n) is 8.66. The first-order valence-corrected chi connectivity index (χ1v) is 10.4. The Morgan fingerprint density at radius 2 is 2.00 bits per heavy atom. The molecule has 26 heavy (non-hydrogen) atoms. The van der Waals surface area contributed by atoms with Gasteiger partial charge in [-0.1, -0.05) is 0 Å². The normalized spacial score (nSPS) is 20.9. The average Bonchev–Trinajstić information content (AvgIpc) is 3.13. The van der Waals surface area contributed by atoms with Crippen molar-refractivity contribution in [3.63, 3.8) is 0 Å². The largest absolute Gasteiger partial charge is 0.493 e. The lowest BCUT2D eigenvalue weighted by molar-refractivity contribution is -0.123. The Balaban J connectivity index is 1.59. The van der Waals surface area contributed by atoms with Crippen LogP contribution in [0.4, 0.5) is 0 Å². The van der Waals surface area contributed by atoms with Crippen LogP contribution in [0.25, 0.3) is 5.69 Å². The fourth-order valence-electron chi connectivity index (χ4n) is 3.35. The van der Waals surface area contributed by atoms with Gasteiger partial charge in [0.05, 0.1) is 18.0 Å². The van der Waals surface area contributed by atoms with Gasteiger partial charge in [0.2, 0.25) is 10.0 Å². The van der Waals surface area contributed by atoms with E-state index < -0.39 is 10.0 Å². The molecule has 0 aliphatic heterocycles. The fourth-order valence-corrected chi connectivity index (χ4v) is 3.99. The molecule has 0 amide bonds. The molecule has 7 nitrogen and oxygen atoms in total. The number of ether oxygens (including phenoxy) is 1. The van der Waals surface area contributed by atoms with Gasteiger partial charge in [-0.2, -0.15) is 5.10 Å². The number of nitrogens with zero attached hydrogens (tertiary/aromatic N) is 2. The molecule has 2 N–H and O–H groups in total. The molecule has 0 spiro atoms. The zero-order valence-corrected chi connectivity index (χ0v) is 15.3. The van der Waals surface area contributed by atoms with E-state index in [1.54, 1.807) is 10.9 Å². The summed E-state index contributed by atoms with van der Waals surface area (Å²) >= 11 is 0. The topological polar surface area (TPSA) is 104 Å². The lowest BCUT2D eigenvalue weighted by Gasteiger charge is -2.30. The van der Waals surface area contributed by atoms with Crippen LogP contribution in [0.2, 0.25) is 0 Å². The summed E-state index contributed by atoms with van der Waals surface area (Å²) in [5.41, 5.74) is 0.932. The smallest absolute Gasteiger partial charge is 0.209 e. The third kappa shape index (κ3) is 5.15. The van der Waals surface area contributed by atoms with Crippen LogP contribution in [0.5, 0.6) is 5.75 Å². The van der Waals surface area contributed by atoms with Crippen molar-refractivity contribution in [3.8, 4) is 11.4 Å². The van der Waals surface area contributed by atoms with Crippen LogP contribution in [-0.4, -0.2) is 36.3 Å². The highest BCUT2D eigenvalue weighted by atomic mass is 32.2. The Morgan fingerprint density at radius 3 is 2.65 bits per heavy atom. The fraction of sp³-hybridized carbons (Fsp3) is 0.444. The van der Waals surface area contributed by atoms with Crippen LogP contribution in [0.15, 0.2) is 42.7 Å². The third-order valence-electron chi connectivity index (χ3n) is 4.79. The molecule has 1 saturated carbocycles. The lowest BCUT2D eigenvalue weighted by atomic mass is 9.77. The predicted molar refractivity (Wildman–Crippen MR) is 97.5 cm³/mol. The SMILES string of the molecule is NS(=O)(=O)CCC1CCC(=O)CC1COc1ccc(-n2cccn2)cc1. The van der Waals surface area contributed by atoms with Crippen LogP contribution in [0, 0.1) is 11.8 Å². The Bertz CT molecular complexity index is 832. The molecule has 0 bridgehead atoms. The van der Waals surface area contributed by atoms with Gasteiger partial charge in [-0.25, -0.2) is 18.2 Å². The van der Waals surface area contributed by atoms with Crippen molar-refractivity contribution in [1.82, 2.24) is 9.78 Å². The van der Waals surface area contributed by atoms with Gasteiger partial charge < -0.3 is 4.74 Å². The maximum atomic E-state index is 11.8. The monoisotopic (exact) mass is 377 g/mol. The molecule has 2 aromatic rings. The summed E-state index contributed by atoms with van der Waals surface area (Å²) in [6, 6.07) is 9.40. The van der Waals surface area contributed by atoms with Gasteiger partial charge in [0.1, 0.15) is 11.5 Å². The number of rotatable bonds is 7. The molecule has 0 saturated heterocycles. The van der Waals surface area contributed by atoms with Gasteiger partial charge in [0.25, 0.3) is 0 Å². The lowest BCUT2D eigenvalue weighted by Crippen LogP contribution is -2.31. The highest BCUT2D eigenvalue weighted by molar-refractivity contribution is 7.89. The van der Waals surface area contributed by atoms with Crippen molar-refractivity contribution in [3.05, 3.63) is 42.7 Å². The predicted octanol–water partition coefficient (Wildman–Crippen LogP) is 1.92. The van der Waals surface area contributed by atoms with Crippen molar-refractivity contribution in [2.24, 2.45) is 17.0 Å². The van der Waals surface area contributed by atoms with E-state index in [-0.39, 0.29) is 23.4 Å². The Kier molecular flexibility index (Phi) is 5.73. The number of sulfonamides is 1. The molecule has 1 aromatic carbocycles. The summed E-state index contributed by atoms with van der Waals surface area (Å²) in [6.07, 6.45) is 5.68. The van der Waals surface area contributed by atoms with Crippen molar-refractivity contribution in [2.75, 3.05) is 12.4 Å². The Labute approximate surface area is 153 Å². The maximum absolute atomic E-state index is 11.8. The maximum Gasteiger partial charge on any atom is 0.209 e. The van der Waals surface area contributed by atoms with Crippen LogP contribution in [0.1, 0.15) is 25.7 Å². The quantitative estimate of drug-likeness (QED) is 0.794. The van der Waals surface area contributed by atoms with E-state index >= 15 is 0 Å². The number of carbonyl (C=O) groups is 1. The van der Waals surface area contributed by atoms with Crippen molar-refractivity contribution in [1.29, 1.82) is 0 Å². The van der Waals surface area contributed by atoms with Gasteiger partial charge in [0.15, 0.2) is 0 Å². The summed E-state index contributed by atoms with van der Waals surface area (Å²) in [4.78, 5) is 11.8. The van der Waals surface area contributed by atoms with Crippen molar-refractivity contribution < 1.29 is 17.9 Å². The third-order valence-corrected chi connectivity index (χ3v) is 5.60. The first kappa shape index (κ1) is 18.6. The summed E-state index contributed by atoms with van der Waals surface area (Å²) < 4.78 is 30.1. The molecular formula is C18H23N3O4S. The van der Waals surface area contributed by atoms with Crippen molar-refractivity contribution in [2.45, 2.75) is 25.7 Å². The molecule has 3 rings (SSSR count). The minimum Gasteiger partial charge on any atom is -0.493 e. The highest BCUT2D eigenvalue weighted by Gasteiger charge is 2.30. The molecule has 1 aliphatic rings. The Morgan fingerprint density at radius 1 is 1.23 bits per heavy atom. The number of carbonyl (C=O) groups excluding carboxylic acids is 1. The standard InChI is InChI=1S/C18H23N3O4S/c19-26(23,24)11-8-14-2-5-17(22)12-15(14)13-25-18-6-3-16(4-7-18)21-10-1-9-20-21/h1,3-4,6-7,9-10,14-15H,2,5,8,11-13H2,(H2,19,23,24). The van der Waals surface area contributed by atoms with E-state index in [0.717, 1.165) is 5.69 Å². The molecule has 1 fully saturated rings. The minimum atomic E-state index is -3.49. The Hall–Kier alpha value is -2.19. The number of hydrogen-bond acceptors (Lipinski definition) is 5. The summed E-state index contributed by atoms with van der Waals surface area (Å²) in [6.45, 7) is 0.391. The van der Waals surface area contributed by atoms with Gasteiger partial charge in [-0.3, -0.25) is 4.79 Å². The molecule has 2 unspecified atom stereocenters. The average molecular weight is 377 g/mol. The zero-order valence-electron chi connectivity index (χ0n) is 14.5. The number of primary sulfonamides is 1. The number of nitrogens with two attached hydrogens (primary N) is 1. The number of aromatic nitrogens is 2. The number of hydrogen-bond donors (Lipinski definition) is 1. The molecule has 1 heterocycles. The zero-order chi connectivity index (χ0) is 18.6.